The number of amides is 4. The molecule has 3 fully saturated rings. The summed E-state index contributed by atoms with van der Waals surface area (Å²) in [5.74, 6) is -0.131. The largest absolute Gasteiger partial charge is 0.508 e. The van der Waals surface area contributed by atoms with Crippen LogP contribution in [0.3, 0.4) is 0 Å². The summed E-state index contributed by atoms with van der Waals surface area (Å²) in [5, 5.41) is 12.3. The lowest BCUT2D eigenvalue weighted by molar-refractivity contribution is -0.140. The molecule has 1 aromatic rings. The molecule has 1 spiro atoms. The number of carbonyl (C=O) groups excluding carboxylic acids is 3. The van der Waals surface area contributed by atoms with Crippen molar-refractivity contribution in [2.24, 2.45) is 5.92 Å². The number of phenols is 1. The molecule has 29 heavy (non-hydrogen) atoms. The number of piperazine rings is 1. The van der Waals surface area contributed by atoms with Gasteiger partial charge in [0.25, 0.3) is 5.91 Å². The first-order chi connectivity index (χ1) is 13.9. The van der Waals surface area contributed by atoms with Crippen molar-refractivity contribution >= 4 is 23.5 Å². The van der Waals surface area contributed by atoms with Gasteiger partial charge in [0.05, 0.1) is 0 Å². The molecule has 1 aromatic carbocycles. The van der Waals surface area contributed by atoms with Gasteiger partial charge in [-0.2, -0.15) is 0 Å². The highest BCUT2D eigenvalue weighted by Crippen LogP contribution is 2.38. The first-order valence-corrected chi connectivity index (χ1v) is 10.4. The summed E-state index contributed by atoms with van der Waals surface area (Å²) in [5.41, 5.74) is 0.171. The van der Waals surface area contributed by atoms with Gasteiger partial charge in [-0.3, -0.25) is 14.5 Å². The SMILES string of the molecule is C[C@@H]1CCCC[C@]12NC(=O)N(CC(=O)N1CCN(c3ccc(O)cc3)CC1)C2=O. The van der Waals surface area contributed by atoms with E-state index in [0.717, 1.165) is 29.8 Å². The molecule has 2 N–H and O–H groups in total. The van der Waals surface area contributed by atoms with Crippen molar-refractivity contribution in [3.05, 3.63) is 24.3 Å². The van der Waals surface area contributed by atoms with Crippen LogP contribution in [0, 0.1) is 5.92 Å². The summed E-state index contributed by atoms with van der Waals surface area (Å²) in [6.07, 6.45) is 3.54. The number of hydrogen-bond donors (Lipinski definition) is 2. The molecule has 3 aliphatic rings. The smallest absolute Gasteiger partial charge is 0.325 e. The van der Waals surface area contributed by atoms with Crippen LogP contribution in [0.15, 0.2) is 24.3 Å². The van der Waals surface area contributed by atoms with E-state index in [9.17, 15) is 19.5 Å². The molecular weight excluding hydrogens is 372 g/mol. The number of urea groups is 1. The van der Waals surface area contributed by atoms with Crippen LogP contribution < -0.4 is 10.2 Å². The minimum atomic E-state index is -0.826. The normalized spacial score (nSPS) is 27.5. The van der Waals surface area contributed by atoms with Crippen molar-refractivity contribution in [3.8, 4) is 5.75 Å². The van der Waals surface area contributed by atoms with E-state index in [-0.39, 0.29) is 30.0 Å². The number of hydrogen-bond acceptors (Lipinski definition) is 5. The molecule has 0 radical (unpaired) electrons. The maximum absolute atomic E-state index is 13.0. The summed E-state index contributed by atoms with van der Waals surface area (Å²) < 4.78 is 0. The summed E-state index contributed by atoms with van der Waals surface area (Å²) in [6.45, 7) is 4.20. The predicted octanol–water partition coefficient (Wildman–Crippen LogP) is 1.54. The fourth-order valence-electron chi connectivity index (χ4n) is 4.75. The Bertz CT molecular complexity index is 803. The topological polar surface area (TPSA) is 93.2 Å². The third kappa shape index (κ3) is 3.52. The molecule has 2 heterocycles. The standard InChI is InChI=1S/C21H28N4O4/c1-15-4-2-3-9-21(15)19(28)25(20(29)22-21)14-18(27)24-12-10-23(11-13-24)16-5-7-17(26)8-6-16/h5-8,15,26H,2-4,9-14H2,1H3,(H,22,29)/t15-,21+/m1/s1. The van der Waals surface area contributed by atoms with E-state index in [1.165, 1.54) is 0 Å². The Morgan fingerprint density at radius 3 is 2.48 bits per heavy atom. The minimum absolute atomic E-state index is 0.0849. The van der Waals surface area contributed by atoms with Crippen molar-refractivity contribution in [3.63, 3.8) is 0 Å². The maximum Gasteiger partial charge on any atom is 0.325 e. The number of phenolic OH excluding ortho intramolecular Hbond substituents is 1. The Morgan fingerprint density at radius 1 is 1.14 bits per heavy atom. The molecule has 4 rings (SSSR count). The third-order valence-corrected chi connectivity index (χ3v) is 6.64. The monoisotopic (exact) mass is 400 g/mol. The van der Waals surface area contributed by atoms with Crippen molar-refractivity contribution in [2.75, 3.05) is 37.6 Å². The van der Waals surface area contributed by atoms with Crippen molar-refractivity contribution in [1.29, 1.82) is 0 Å². The lowest BCUT2D eigenvalue weighted by Crippen LogP contribution is -2.54. The highest BCUT2D eigenvalue weighted by Gasteiger charge is 2.55. The molecule has 4 amide bonds. The molecule has 2 saturated heterocycles. The van der Waals surface area contributed by atoms with E-state index >= 15 is 0 Å². The number of nitrogens with one attached hydrogen (secondary N) is 1. The summed E-state index contributed by atoms with van der Waals surface area (Å²) >= 11 is 0. The van der Waals surface area contributed by atoms with Crippen LogP contribution in [0.5, 0.6) is 5.75 Å². The Balaban J connectivity index is 1.36. The van der Waals surface area contributed by atoms with Gasteiger partial charge in [-0.25, -0.2) is 4.79 Å². The molecule has 0 aromatic heterocycles. The van der Waals surface area contributed by atoms with E-state index in [4.69, 9.17) is 0 Å². The van der Waals surface area contributed by atoms with Crippen molar-refractivity contribution < 1.29 is 19.5 Å². The molecule has 8 nitrogen and oxygen atoms in total. The van der Waals surface area contributed by atoms with Gasteiger partial charge < -0.3 is 20.2 Å². The fraction of sp³-hybridized carbons (Fsp3) is 0.571. The van der Waals surface area contributed by atoms with Gasteiger partial charge in [0.15, 0.2) is 0 Å². The van der Waals surface area contributed by atoms with Gasteiger partial charge in [-0.15, -0.1) is 0 Å². The van der Waals surface area contributed by atoms with Gasteiger partial charge in [-0.1, -0.05) is 19.8 Å². The van der Waals surface area contributed by atoms with Gasteiger partial charge in [0.1, 0.15) is 17.8 Å². The van der Waals surface area contributed by atoms with Gasteiger partial charge in [0, 0.05) is 31.9 Å². The lowest BCUT2D eigenvalue weighted by atomic mass is 9.73. The molecule has 1 saturated carbocycles. The molecule has 1 aliphatic carbocycles. The Kier molecular flexibility index (Phi) is 5.10. The summed E-state index contributed by atoms with van der Waals surface area (Å²) in [7, 11) is 0. The molecule has 0 bridgehead atoms. The van der Waals surface area contributed by atoms with Crippen LogP contribution in [0.1, 0.15) is 32.6 Å². The second kappa shape index (κ2) is 7.57. The molecule has 2 aliphatic heterocycles. The van der Waals surface area contributed by atoms with Crippen LogP contribution in [-0.4, -0.2) is 71.0 Å². The van der Waals surface area contributed by atoms with Crippen LogP contribution >= 0.6 is 0 Å². The van der Waals surface area contributed by atoms with E-state index in [2.05, 4.69) is 10.2 Å². The second-order valence-corrected chi connectivity index (χ2v) is 8.32. The number of rotatable bonds is 3. The minimum Gasteiger partial charge on any atom is -0.508 e. The summed E-state index contributed by atoms with van der Waals surface area (Å²) in [6, 6.07) is 6.55. The zero-order valence-corrected chi connectivity index (χ0v) is 16.8. The van der Waals surface area contributed by atoms with Gasteiger partial charge in [0.2, 0.25) is 5.91 Å². The fourth-order valence-corrected chi connectivity index (χ4v) is 4.75. The first kappa shape index (κ1) is 19.5. The van der Waals surface area contributed by atoms with Crippen LogP contribution in [0.25, 0.3) is 0 Å². The molecule has 156 valence electrons. The number of aromatic hydroxyl groups is 1. The zero-order valence-electron chi connectivity index (χ0n) is 16.8. The number of imide groups is 1. The van der Waals surface area contributed by atoms with Crippen molar-refractivity contribution in [1.82, 2.24) is 15.1 Å². The Hall–Kier alpha value is -2.77. The summed E-state index contributed by atoms with van der Waals surface area (Å²) in [4.78, 5) is 43.3. The molecule has 8 heteroatoms. The highest BCUT2D eigenvalue weighted by molar-refractivity contribution is 6.09. The van der Waals surface area contributed by atoms with Gasteiger partial charge in [-0.05, 0) is 43.0 Å². The third-order valence-electron chi connectivity index (χ3n) is 6.64. The average molecular weight is 400 g/mol. The van der Waals surface area contributed by atoms with Crippen LogP contribution in [0.2, 0.25) is 0 Å². The van der Waals surface area contributed by atoms with E-state index < -0.39 is 11.6 Å². The van der Waals surface area contributed by atoms with Crippen LogP contribution in [-0.2, 0) is 9.59 Å². The quantitative estimate of drug-likeness (QED) is 0.751. The highest BCUT2D eigenvalue weighted by atomic mass is 16.3. The van der Waals surface area contributed by atoms with Crippen LogP contribution in [0.4, 0.5) is 10.5 Å². The van der Waals surface area contributed by atoms with E-state index in [0.29, 0.717) is 32.6 Å². The van der Waals surface area contributed by atoms with E-state index in [1.807, 2.05) is 19.1 Å². The molecule has 2 atom stereocenters. The predicted molar refractivity (Wildman–Crippen MR) is 108 cm³/mol. The Morgan fingerprint density at radius 2 is 1.83 bits per heavy atom. The number of anilines is 1. The molecular formula is C21H28N4O4. The molecule has 0 unspecified atom stereocenters. The Labute approximate surface area is 170 Å². The number of benzene rings is 1. The number of nitrogens with zero attached hydrogens (tertiary/aromatic N) is 3. The zero-order chi connectivity index (χ0) is 20.6. The second-order valence-electron chi connectivity index (χ2n) is 8.32. The van der Waals surface area contributed by atoms with Gasteiger partial charge >= 0.3 is 6.03 Å². The van der Waals surface area contributed by atoms with E-state index in [1.54, 1.807) is 17.0 Å². The van der Waals surface area contributed by atoms with Crippen molar-refractivity contribution in [2.45, 2.75) is 38.1 Å². The number of carbonyl (C=O) groups is 3. The maximum atomic E-state index is 13.0. The average Bonchev–Trinajstić information content (AvgIpc) is 2.96. The first-order valence-electron chi connectivity index (χ1n) is 10.4. The lowest BCUT2D eigenvalue weighted by Gasteiger charge is -2.37.